The second-order valence-corrected chi connectivity index (χ2v) is 5.43. The number of aliphatic hydroxyl groups excluding tert-OH is 1. The highest BCUT2D eigenvalue weighted by molar-refractivity contribution is 5.93. The average Bonchev–Trinajstić information content (AvgIpc) is 2.79. The lowest BCUT2D eigenvalue weighted by atomic mass is 10.1. The zero-order chi connectivity index (χ0) is 14.6. The van der Waals surface area contributed by atoms with E-state index in [1.807, 2.05) is 26.8 Å². The SMILES string of the molecule is CCn1nc(C(C)C)cc1C(=O)N[C@H](CO)C(C)C. The summed E-state index contributed by atoms with van der Waals surface area (Å²) in [6, 6.07) is 1.60. The highest BCUT2D eigenvalue weighted by Gasteiger charge is 2.20. The molecule has 0 aliphatic heterocycles. The number of aliphatic hydroxyl groups is 1. The van der Waals surface area contributed by atoms with Crippen LogP contribution < -0.4 is 5.32 Å². The van der Waals surface area contributed by atoms with E-state index in [0.717, 1.165) is 5.69 Å². The van der Waals surface area contributed by atoms with Gasteiger partial charge in [-0.3, -0.25) is 9.48 Å². The number of amides is 1. The summed E-state index contributed by atoms with van der Waals surface area (Å²) in [6.45, 7) is 10.6. The van der Waals surface area contributed by atoms with Crippen LogP contribution in [0.1, 0.15) is 56.7 Å². The Hall–Kier alpha value is -1.36. The van der Waals surface area contributed by atoms with Gasteiger partial charge in [-0.05, 0) is 24.8 Å². The second-order valence-electron chi connectivity index (χ2n) is 5.43. The van der Waals surface area contributed by atoms with E-state index in [-0.39, 0.29) is 30.4 Å². The molecule has 19 heavy (non-hydrogen) atoms. The van der Waals surface area contributed by atoms with E-state index in [1.54, 1.807) is 4.68 Å². The molecule has 1 aromatic rings. The monoisotopic (exact) mass is 267 g/mol. The van der Waals surface area contributed by atoms with E-state index < -0.39 is 0 Å². The molecule has 0 aromatic carbocycles. The summed E-state index contributed by atoms with van der Waals surface area (Å²) in [6.07, 6.45) is 0. The third-order valence-electron chi connectivity index (χ3n) is 3.24. The average molecular weight is 267 g/mol. The fourth-order valence-electron chi connectivity index (χ4n) is 1.81. The van der Waals surface area contributed by atoms with Crippen molar-refractivity contribution in [3.8, 4) is 0 Å². The van der Waals surface area contributed by atoms with E-state index in [9.17, 15) is 9.90 Å². The number of carbonyl (C=O) groups is 1. The van der Waals surface area contributed by atoms with Crippen molar-refractivity contribution < 1.29 is 9.90 Å². The number of aryl methyl sites for hydroxylation is 1. The van der Waals surface area contributed by atoms with Gasteiger partial charge in [0.25, 0.3) is 5.91 Å². The van der Waals surface area contributed by atoms with Crippen molar-refractivity contribution in [2.45, 2.75) is 53.1 Å². The summed E-state index contributed by atoms with van der Waals surface area (Å²) in [5.74, 6) is 0.309. The molecule has 108 valence electrons. The minimum Gasteiger partial charge on any atom is -0.394 e. The van der Waals surface area contributed by atoms with Gasteiger partial charge >= 0.3 is 0 Å². The molecule has 2 N–H and O–H groups in total. The molecular weight excluding hydrogens is 242 g/mol. The van der Waals surface area contributed by atoms with Crippen LogP contribution in [0, 0.1) is 5.92 Å². The zero-order valence-electron chi connectivity index (χ0n) is 12.5. The van der Waals surface area contributed by atoms with Crippen molar-refractivity contribution in [3.05, 3.63) is 17.5 Å². The number of hydrogen-bond acceptors (Lipinski definition) is 3. The van der Waals surface area contributed by atoms with E-state index in [2.05, 4.69) is 24.3 Å². The summed E-state index contributed by atoms with van der Waals surface area (Å²) < 4.78 is 1.71. The lowest BCUT2D eigenvalue weighted by molar-refractivity contribution is 0.0886. The lowest BCUT2D eigenvalue weighted by Gasteiger charge is -2.19. The van der Waals surface area contributed by atoms with Gasteiger partial charge in [0.2, 0.25) is 0 Å². The van der Waals surface area contributed by atoms with Crippen LogP contribution in [-0.4, -0.2) is 33.4 Å². The Balaban J connectivity index is 2.92. The highest BCUT2D eigenvalue weighted by atomic mass is 16.3. The highest BCUT2D eigenvalue weighted by Crippen LogP contribution is 2.15. The van der Waals surface area contributed by atoms with Crippen molar-refractivity contribution in [2.75, 3.05) is 6.61 Å². The van der Waals surface area contributed by atoms with Gasteiger partial charge in [-0.15, -0.1) is 0 Å². The van der Waals surface area contributed by atoms with E-state index in [1.165, 1.54) is 0 Å². The van der Waals surface area contributed by atoms with Crippen LogP contribution in [0.25, 0.3) is 0 Å². The minimum absolute atomic E-state index is 0.0549. The minimum atomic E-state index is -0.227. The van der Waals surface area contributed by atoms with Crippen LogP contribution >= 0.6 is 0 Å². The lowest BCUT2D eigenvalue weighted by Crippen LogP contribution is -2.41. The van der Waals surface area contributed by atoms with Crippen molar-refractivity contribution >= 4 is 5.91 Å². The van der Waals surface area contributed by atoms with Crippen LogP contribution in [0.15, 0.2) is 6.07 Å². The first-order chi connectivity index (χ1) is 8.90. The molecule has 5 nitrogen and oxygen atoms in total. The molecule has 1 aromatic heterocycles. The van der Waals surface area contributed by atoms with Gasteiger partial charge in [0.05, 0.1) is 18.3 Å². The number of rotatable bonds is 6. The Morgan fingerprint density at radius 1 is 1.42 bits per heavy atom. The fourth-order valence-corrected chi connectivity index (χ4v) is 1.81. The molecule has 0 aliphatic carbocycles. The number of aromatic nitrogens is 2. The maximum Gasteiger partial charge on any atom is 0.269 e. The number of hydrogen-bond donors (Lipinski definition) is 2. The molecule has 0 fully saturated rings. The molecule has 0 saturated heterocycles. The smallest absolute Gasteiger partial charge is 0.269 e. The van der Waals surface area contributed by atoms with Gasteiger partial charge in [0, 0.05) is 6.54 Å². The van der Waals surface area contributed by atoms with Gasteiger partial charge in [-0.1, -0.05) is 27.7 Å². The van der Waals surface area contributed by atoms with E-state index in [0.29, 0.717) is 12.2 Å². The standard InChI is InChI=1S/C14H25N3O2/c1-6-17-13(7-11(16-17)9(2)3)14(19)15-12(8-18)10(4)5/h7,9-10,12,18H,6,8H2,1-5H3,(H,15,19)/t12-/m1/s1. The molecule has 1 amide bonds. The first kappa shape index (κ1) is 15.7. The van der Waals surface area contributed by atoms with Crippen LogP contribution in [-0.2, 0) is 6.54 Å². The van der Waals surface area contributed by atoms with E-state index >= 15 is 0 Å². The van der Waals surface area contributed by atoms with Gasteiger partial charge < -0.3 is 10.4 Å². The summed E-state index contributed by atoms with van der Waals surface area (Å²) in [7, 11) is 0. The van der Waals surface area contributed by atoms with Crippen molar-refractivity contribution in [3.63, 3.8) is 0 Å². The molecule has 0 saturated carbocycles. The Morgan fingerprint density at radius 3 is 2.47 bits per heavy atom. The van der Waals surface area contributed by atoms with Gasteiger partial charge in [-0.2, -0.15) is 5.10 Å². The predicted molar refractivity (Wildman–Crippen MR) is 75.2 cm³/mol. The summed E-state index contributed by atoms with van der Waals surface area (Å²) in [5.41, 5.74) is 1.47. The number of nitrogens with zero attached hydrogens (tertiary/aromatic N) is 2. The molecule has 0 spiro atoms. The Labute approximate surface area is 115 Å². The van der Waals surface area contributed by atoms with Crippen LogP contribution in [0.5, 0.6) is 0 Å². The summed E-state index contributed by atoms with van der Waals surface area (Å²) >= 11 is 0. The van der Waals surface area contributed by atoms with Crippen LogP contribution in [0.2, 0.25) is 0 Å². The quantitative estimate of drug-likeness (QED) is 0.825. The Kier molecular flexibility index (Phi) is 5.54. The third-order valence-corrected chi connectivity index (χ3v) is 3.24. The number of carbonyl (C=O) groups excluding carboxylic acids is 1. The van der Waals surface area contributed by atoms with Crippen LogP contribution in [0.3, 0.4) is 0 Å². The molecule has 1 rings (SSSR count). The van der Waals surface area contributed by atoms with Gasteiger partial charge in [0.1, 0.15) is 5.69 Å². The second kappa shape index (κ2) is 6.70. The molecule has 5 heteroatoms. The van der Waals surface area contributed by atoms with Crippen molar-refractivity contribution in [1.29, 1.82) is 0 Å². The fraction of sp³-hybridized carbons (Fsp3) is 0.714. The molecule has 0 bridgehead atoms. The van der Waals surface area contributed by atoms with E-state index in [4.69, 9.17) is 0 Å². The molecule has 0 aliphatic rings. The predicted octanol–water partition coefficient (Wildman–Crippen LogP) is 1.77. The molecule has 0 unspecified atom stereocenters. The largest absolute Gasteiger partial charge is 0.394 e. The zero-order valence-corrected chi connectivity index (χ0v) is 12.5. The van der Waals surface area contributed by atoms with Crippen molar-refractivity contribution in [2.24, 2.45) is 5.92 Å². The summed E-state index contributed by atoms with van der Waals surface area (Å²) in [4.78, 5) is 12.3. The van der Waals surface area contributed by atoms with Gasteiger partial charge in [0.15, 0.2) is 0 Å². The maximum absolute atomic E-state index is 12.3. The van der Waals surface area contributed by atoms with Gasteiger partial charge in [-0.25, -0.2) is 0 Å². The molecular formula is C14H25N3O2. The number of nitrogens with one attached hydrogen (secondary N) is 1. The van der Waals surface area contributed by atoms with Crippen LogP contribution in [0.4, 0.5) is 0 Å². The Morgan fingerprint density at radius 2 is 2.05 bits per heavy atom. The molecule has 1 atom stereocenters. The topological polar surface area (TPSA) is 67.2 Å². The molecule has 1 heterocycles. The normalized spacial score (nSPS) is 13.1. The third kappa shape index (κ3) is 3.80. The first-order valence-electron chi connectivity index (χ1n) is 6.90. The first-order valence-corrected chi connectivity index (χ1v) is 6.90. The van der Waals surface area contributed by atoms with Crippen molar-refractivity contribution in [1.82, 2.24) is 15.1 Å². The maximum atomic E-state index is 12.3. The molecule has 0 radical (unpaired) electrons. The Bertz CT molecular complexity index is 424. The summed E-state index contributed by atoms with van der Waals surface area (Å²) in [5, 5.41) is 16.6.